The molecule has 0 saturated carbocycles. The lowest BCUT2D eigenvalue weighted by Gasteiger charge is -2.17. The van der Waals surface area contributed by atoms with Gasteiger partial charge in [-0.2, -0.15) is 0 Å². The number of para-hydroxylation sites is 2. The predicted molar refractivity (Wildman–Crippen MR) is 137 cm³/mol. The molecule has 4 rings (SSSR count). The van der Waals surface area contributed by atoms with Crippen LogP contribution in [0.4, 0.5) is 0 Å². The highest BCUT2D eigenvalue weighted by molar-refractivity contribution is 5.94. The van der Waals surface area contributed by atoms with Crippen LogP contribution in [0.5, 0.6) is 5.75 Å². The third-order valence-corrected chi connectivity index (χ3v) is 6.31. The van der Waals surface area contributed by atoms with Crippen LogP contribution in [0.2, 0.25) is 0 Å². The van der Waals surface area contributed by atoms with E-state index in [-0.39, 0.29) is 11.9 Å². The molecule has 0 saturated heterocycles. The summed E-state index contributed by atoms with van der Waals surface area (Å²) in [6.07, 6.45) is 1.96. The van der Waals surface area contributed by atoms with Gasteiger partial charge in [0.25, 0.3) is 5.91 Å². The van der Waals surface area contributed by atoms with Crippen LogP contribution in [0.25, 0.3) is 11.0 Å². The summed E-state index contributed by atoms with van der Waals surface area (Å²) in [4.78, 5) is 17.5. The Labute approximate surface area is 201 Å². The third kappa shape index (κ3) is 5.48. The van der Waals surface area contributed by atoms with Crippen LogP contribution in [0.3, 0.4) is 0 Å². The monoisotopic (exact) mass is 455 g/mol. The summed E-state index contributed by atoms with van der Waals surface area (Å²) in [5, 5.41) is 3.10. The smallest absolute Gasteiger partial charge is 0.251 e. The van der Waals surface area contributed by atoms with E-state index in [2.05, 4.69) is 54.1 Å². The quantitative estimate of drug-likeness (QED) is 0.277. The summed E-state index contributed by atoms with van der Waals surface area (Å²) in [6.45, 7) is 7.79. The van der Waals surface area contributed by atoms with Crippen molar-refractivity contribution >= 4 is 16.9 Å². The van der Waals surface area contributed by atoms with Gasteiger partial charge in [-0.1, -0.05) is 56.3 Å². The lowest BCUT2D eigenvalue weighted by molar-refractivity contribution is 0.0937. The summed E-state index contributed by atoms with van der Waals surface area (Å²) >= 11 is 0. The molecule has 0 aliphatic heterocycles. The summed E-state index contributed by atoms with van der Waals surface area (Å²) in [6, 6.07) is 25.6. The first-order valence-electron chi connectivity index (χ1n) is 12.1. The zero-order valence-electron chi connectivity index (χ0n) is 20.2. The van der Waals surface area contributed by atoms with Crippen molar-refractivity contribution in [2.24, 2.45) is 0 Å². The van der Waals surface area contributed by atoms with Crippen LogP contribution in [-0.4, -0.2) is 22.1 Å². The normalized spacial score (nSPS) is 12.9. The standard InChI is InChI=1S/C29H33N3O2/c1-4-21(2)23-15-17-25(18-16-23)34-20-10-19-32-27-14-9-8-13-26(27)31-28(32)22(3)30-29(33)24-11-6-5-7-12-24/h5-9,11-18,21-22H,4,10,19-20H2,1-3H3,(H,30,33). The van der Waals surface area contributed by atoms with E-state index >= 15 is 0 Å². The number of nitrogens with zero attached hydrogens (tertiary/aromatic N) is 2. The molecule has 0 fully saturated rings. The minimum absolute atomic E-state index is 0.101. The number of amides is 1. The molecular formula is C29H33N3O2. The lowest BCUT2D eigenvalue weighted by atomic mass is 9.99. The van der Waals surface area contributed by atoms with Gasteiger partial charge in [0.1, 0.15) is 11.6 Å². The van der Waals surface area contributed by atoms with E-state index in [1.165, 1.54) is 5.56 Å². The molecule has 1 heterocycles. The number of benzene rings is 3. The average Bonchev–Trinajstić information content (AvgIpc) is 3.25. The van der Waals surface area contributed by atoms with Crippen molar-refractivity contribution in [3.05, 3.63) is 95.8 Å². The SMILES string of the molecule is CCC(C)c1ccc(OCCCn2c(C(C)NC(=O)c3ccccc3)nc3ccccc32)cc1. The number of aryl methyl sites for hydroxylation is 1. The Hall–Kier alpha value is -3.60. The van der Waals surface area contributed by atoms with E-state index in [9.17, 15) is 4.79 Å². The van der Waals surface area contributed by atoms with Crippen LogP contribution in [-0.2, 0) is 6.54 Å². The number of carbonyl (C=O) groups excluding carboxylic acids is 1. The van der Waals surface area contributed by atoms with E-state index in [0.29, 0.717) is 18.1 Å². The molecule has 4 aromatic rings. The molecule has 1 aromatic heterocycles. The molecule has 2 unspecified atom stereocenters. The predicted octanol–water partition coefficient (Wildman–Crippen LogP) is 6.51. The number of carbonyl (C=O) groups is 1. The fourth-order valence-corrected chi connectivity index (χ4v) is 4.13. The van der Waals surface area contributed by atoms with Crippen molar-refractivity contribution in [1.82, 2.24) is 14.9 Å². The number of hydrogen-bond donors (Lipinski definition) is 1. The Morgan fingerprint density at radius 2 is 1.68 bits per heavy atom. The first kappa shape index (κ1) is 23.6. The second-order valence-electron chi connectivity index (χ2n) is 8.75. The number of rotatable bonds is 10. The maximum absolute atomic E-state index is 12.7. The van der Waals surface area contributed by atoms with Crippen LogP contribution in [0, 0.1) is 0 Å². The molecule has 176 valence electrons. The van der Waals surface area contributed by atoms with Gasteiger partial charge in [-0.15, -0.1) is 0 Å². The van der Waals surface area contributed by atoms with Gasteiger partial charge in [0.05, 0.1) is 23.7 Å². The van der Waals surface area contributed by atoms with Gasteiger partial charge in [0, 0.05) is 12.1 Å². The second-order valence-corrected chi connectivity index (χ2v) is 8.75. The Kier molecular flexibility index (Phi) is 7.63. The van der Waals surface area contributed by atoms with Gasteiger partial charge in [0.15, 0.2) is 0 Å². The summed E-state index contributed by atoms with van der Waals surface area (Å²) in [5.41, 5.74) is 3.98. The summed E-state index contributed by atoms with van der Waals surface area (Å²) in [7, 11) is 0. The van der Waals surface area contributed by atoms with Gasteiger partial charge in [0.2, 0.25) is 0 Å². The van der Waals surface area contributed by atoms with Gasteiger partial charge in [-0.25, -0.2) is 4.98 Å². The first-order valence-corrected chi connectivity index (χ1v) is 12.1. The highest BCUT2D eigenvalue weighted by Gasteiger charge is 2.19. The van der Waals surface area contributed by atoms with Gasteiger partial charge >= 0.3 is 0 Å². The van der Waals surface area contributed by atoms with E-state index in [1.807, 2.05) is 55.5 Å². The lowest BCUT2D eigenvalue weighted by Crippen LogP contribution is -2.28. The molecule has 5 heteroatoms. The molecule has 2 atom stereocenters. The fraction of sp³-hybridized carbons (Fsp3) is 0.310. The van der Waals surface area contributed by atoms with E-state index < -0.39 is 0 Å². The van der Waals surface area contributed by atoms with Crippen LogP contribution >= 0.6 is 0 Å². The molecule has 1 N–H and O–H groups in total. The Bertz CT molecular complexity index is 1220. The zero-order valence-corrected chi connectivity index (χ0v) is 20.2. The number of ether oxygens (including phenoxy) is 1. The number of hydrogen-bond acceptors (Lipinski definition) is 3. The number of fused-ring (bicyclic) bond motifs is 1. The van der Waals surface area contributed by atoms with Crippen LogP contribution in [0.15, 0.2) is 78.9 Å². The van der Waals surface area contributed by atoms with E-state index in [1.54, 1.807) is 0 Å². The highest BCUT2D eigenvalue weighted by Crippen LogP contribution is 2.23. The van der Waals surface area contributed by atoms with Crippen molar-refractivity contribution in [1.29, 1.82) is 0 Å². The minimum atomic E-state index is -0.228. The molecule has 34 heavy (non-hydrogen) atoms. The molecule has 1 amide bonds. The summed E-state index contributed by atoms with van der Waals surface area (Å²) in [5.74, 6) is 2.21. The molecule has 5 nitrogen and oxygen atoms in total. The van der Waals surface area contributed by atoms with Gasteiger partial charge < -0.3 is 14.6 Å². The zero-order chi connectivity index (χ0) is 23.9. The number of imidazole rings is 1. The van der Waals surface area contributed by atoms with Crippen molar-refractivity contribution in [3.8, 4) is 5.75 Å². The van der Waals surface area contributed by atoms with Crippen LogP contribution in [0.1, 0.15) is 67.3 Å². The molecule has 0 bridgehead atoms. The van der Waals surface area contributed by atoms with Crippen molar-refractivity contribution < 1.29 is 9.53 Å². The molecular weight excluding hydrogens is 422 g/mol. The number of nitrogens with one attached hydrogen (secondary N) is 1. The van der Waals surface area contributed by atoms with Crippen molar-refractivity contribution in [2.75, 3.05) is 6.61 Å². The van der Waals surface area contributed by atoms with Gasteiger partial charge in [-0.05, 0) is 67.6 Å². The molecule has 3 aromatic carbocycles. The van der Waals surface area contributed by atoms with Gasteiger partial charge in [-0.3, -0.25) is 4.79 Å². The Morgan fingerprint density at radius 3 is 2.41 bits per heavy atom. The highest BCUT2D eigenvalue weighted by atomic mass is 16.5. The maximum atomic E-state index is 12.7. The average molecular weight is 456 g/mol. The second kappa shape index (κ2) is 11.0. The largest absolute Gasteiger partial charge is 0.494 e. The van der Waals surface area contributed by atoms with Crippen molar-refractivity contribution in [3.63, 3.8) is 0 Å². The van der Waals surface area contributed by atoms with Crippen molar-refractivity contribution in [2.45, 2.75) is 52.1 Å². The Balaban J connectivity index is 1.42. The maximum Gasteiger partial charge on any atom is 0.251 e. The molecule has 0 aliphatic carbocycles. The number of aromatic nitrogens is 2. The Morgan fingerprint density at radius 1 is 0.971 bits per heavy atom. The minimum Gasteiger partial charge on any atom is -0.494 e. The van der Waals surface area contributed by atoms with E-state index in [0.717, 1.165) is 42.0 Å². The third-order valence-electron chi connectivity index (χ3n) is 6.31. The molecule has 0 aliphatic rings. The molecule has 0 spiro atoms. The molecule has 0 radical (unpaired) electrons. The first-order chi connectivity index (χ1) is 16.6. The van der Waals surface area contributed by atoms with Crippen LogP contribution < -0.4 is 10.1 Å². The topological polar surface area (TPSA) is 56.1 Å². The summed E-state index contributed by atoms with van der Waals surface area (Å²) < 4.78 is 8.20. The fourth-order valence-electron chi connectivity index (χ4n) is 4.13. The van der Waals surface area contributed by atoms with E-state index in [4.69, 9.17) is 9.72 Å².